The molecule has 1 aliphatic rings. The molecule has 2 heterocycles. The molecule has 1 aromatic heterocycles. The van der Waals surface area contributed by atoms with Crippen molar-refractivity contribution in [3.05, 3.63) is 46.5 Å². The van der Waals surface area contributed by atoms with E-state index in [1.165, 1.54) is 0 Å². The summed E-state index contributed by atoms with van der Waals surface area (Å²) >= 11 is 1.56. The van der Waals surface area contributed by atoms with E-state index in [4.69, 9.17) is 4.74 Å². The molecule has 0 saturated carbocycles. The molecule has 3 rings (SSSR count). The van der Waals surface area contributed by atoms with Crippen molar-refractivity contribution in [2.75, 3.05) is 13.2 Å². The minimum Gasteiger partial charge on any atom is -0.498 e. The highest BCUT2D eigenvalue weighted by molar-refractivity contribution is 7.19. The van der Waals surface area contributed by atoms with Gasteiger partial charge in [-0.15, -0.1) is 11.3 Å². The molecule has 0 spiro atoms. The second kappa shape index (κ2) is 6.50. The van der Waals surface area contributed by atoms with Crippen LogP contribution in [0.5, 0.6) is 0 Å². The molecule has 0 bridgehead atoms. The van der Waals surface area contributed by atoms with Gasteiger partial charge in [0.2, 0.25) is 0 Å². The van der Waals surface area contributed by atoms with Crippen LogP contribution in [0.15, 0.2) is 41.7 Å². The van der Waals surface area contributed by atoms with Gasteiger partial charge in [-0.1, -0.05) is 18.2 Å². The Morgan fingerprint density at radius 3 is 3.05 bits per heavy atom. The molecule has 0 fully saturated rings. The van der Waals surface area contributed by atoms with E-state index in [1.54, 1.807) is 11.3 Å². The van der Waals surface area contributed by atoms with Gasteiger partial charge in [0.15, 0.2) is 0 Å². The summed E-state index contributed by atoms with van der Waals surface area (Å²) in [6.07, 6.45) is 0.905. The summed E-state index contributed by atoms with van der Waals surface area (Å²) in [6.45, 7) is 2.70. The summed E-state index contributed by atoms with van der Waals surface area (Å²) in [4.78, 5) is 13.0. The number of aliphatic hydroxyl groups is 1. The lowest BCUT2D eigenvalue weighted by molar-refractivity contribution is -0.118. The van der Waals surface area contributed by atoms with E-state index in [-0.39, 0.29) is 12.5 Å². The first-order chi connectivity index (χ1) is 10.6. The standard InChI is InChI=1S/C17H19NO3S/c1-11-13(6-4-8-21-11)17(20)18-10-14(19)16-9-12-5-2-3-7-15(12)22-16/h2-3,5,7,9,14,19H,4,6,8,10H2,1H3,(H,18,20). The van der Waals surface area contributed by atoms with E-state index < -0.39 is 6.10 Å². The monoisotopic (exact) mass is 317 g/mol. The lowest BCUT2D eigenvalue weighted by Gasteiger charge is -2.19. The van der Waals surface area contributed by atoms with Crippen LogP contribution in [-0.4, -0.2) is 24.2 Å². The fourth-order valence-corrected chi connectivity index (χ4v) is 3.62. The Kier molecular flexibility index (Phi) is 4.45. The molecule has 1 amide bonds. The fourth-order valence-electron chi connectivity index (χ4n) is 2.57. The number of nitrogens with one attached hydrogen (secondary N) is 1. The van der Waals surface area contributed by atoms with Gasteiger partial charge in [-0.3, -0.25) is 4.79 Å². The van der Waals surface area contributed by atoms with Crippen LogP contribution in [0.4, 0.5) is 0 Å². The van der Waals surface area contributed by atoms with E-state index in [9.17, 15) is 9.90 Å². The zero-order chi connectivity index (χ0) is 15.5. The molecule has 22 heavy (non-hydrogen) atoms. The number of amides is 1. The van der Waals surface area contributed by atoms with Crippen molar-refractivity contribution in [3.8, 4) is 0 Å². The average Bonchev–Trinajstić information content (AvgIpc) is 2.97. The van der Waals surface area contributed by atoms with Crippen molar-refractivity contribution in [1.29, 1.82) is 0 Å². The Bertz CT molecular complexity index is 687. The molecular weight excluding hydrogens is 298 g/mol. The number of hydrogen-bond donors (Lipinski definition) is 2. The van der Waals surface area contributed by atoms with Gasteiger partial charge in [-0.25, -0.2) is 0 Å². The molecule has 2 aromatic rings. The molecule has 1 unspecified atom stereocenters. The van der Waals surface area contributed by atoms with Crippen molar-refractivity contribution in [2.45, 2.75) is 25.9 Å². The molecule has 2 N–H and O–H groups in total. The SMILES string of the molecule is CC1=C(C(=O)NCC(O)c2cc3ccccc3s2)CCCO1. The third-order valence-electron chi connectivity index (χ3n) is 3.82. The highest BCUT2D eigenvalue weighted by Crippen LogP contribution is 2.29. The maximum Gasteiger partial charge on any atom is 0.250 e. The van der Waals surface area contributed by atoms with E-state index in [0.29, 0.717) is 17.9 Å². The van der Waals surface area contributed by atoms with Crippen LogP contribution in [0.1, 0.15) is 30.7 Å². The van der Waals surface area contributed by atoms with Crippen LogP contribution in [-0.2, 0) is 9.53 Å². The Hall–Kier alpha value is -1.85. The van der Waals surface area contributed by atoms with Crippen molar-refractivity contribution < 1.29 is 14.6 Å². The van der Waals surface area contributed by atoms with Crippen LogP contribution in [0.3, 0.4) is 0 Å². The zero-order valence-electron chi connectivity index (χ0n) is 12.5. The van der Waals surface area contributed by atoms with Gasteiger partial charge in [0.05, 0.1) is 12.2 Å². The van der Waals surface area contributed by atoms with E-state index >= 15 is 0 Å². The van der Waals surface area contributed by atoms with Gasteiger partial charge in [-0.2, -0.15) is 0 Å². The van der Waals surface area contributed by atoms with E-state index in [2.05, 4.69) is 5.32 Å². The number of aliphatic hydroxyl groups excluding tert-OH is 1. The molecule has 0 saturated heterocycles. The minimum absolute atomic E-state index is 0.141. The van der Waals surface area contributed by atoms with E-state index in [1.807, 2.05) is 37.3 Å². The van der Waals surface area contributed by atoms with Crippen molar-refractivity contribution in [1.82, 2.24) is 5.32 Å². The molecule has 116 valence electrons. The Labute approximate surface area is 133 Å². The Morgan fingerprint density at radius 1 is 1.45 bits per heavy atom. The number of ether oxygens (including phenoxy) is 1. The first-order valence-corrected chi connectivity index (χ1v) is 8.24. The van der Waals surface area contributed by atoms with Gasteiger partial charge < -0.3 is 15.2 Å². The average molecular weight is 317 g/mol. The predicted molar refractivity (Wildman–Crippen MR) is 87.7 cm³/mol. The lowest BCUT2D eigenvalue weighted by Crippen LogP contribution is -2.31. The van der Waals surface area contributed by atoms with Gasteiger partial charge in [0.25, 0.3) is 5.91 Å². The van der Waals surface area contributed by atoms with Gasteiger partial charge >= 0.3 is 0 Å². The second-order valence-electron chi connectivity index (χ2n) is 5.40. The maximum absolute atomic E-state index is 12.2. The Balaban J connectivity index is 1.64. The number of allylic oxidation sites excluding steroid dienone is 1. The normalized spacial score (nSPS) is 16.5. The number of rotatable bonds is 4. The number of fused-ring (bicyclic) bond motifs is 1. The van der Waals surface area contributed by atoms with Crippen LogP contribution in [0.25, 0.3) is 10.1 Å². The van der Waals surface area contributed by atoms with E-state index in [0.717, 1.165) is 27.8 Å². The molecule has 4 nitrogen and oxygen atoms in total. The van der Waals surface area contributed by atoms with Gasteiger partial charge in [0, 0.05) is 16.1 Å². The molecule has 1 atom stereocenters. The fraction of sp³-hybridized carbons (Fsp3) is 0.353. The Morgan fingerprint density at radius 2 is 2.27 bits per heavy atom. The lowest BCUT2D eigenvalue weighted by atomic mass is 10.1. The number of benzene rings is 1. The third kappa shape index (κ3) is 3.15. The first kappa shape index (κ1) is 15.1. The highest BCUT2D eigenvalue weighted by Gasteiger charge is 2.19. The topological polar surface area (TPSA) is 58.6 Å². The summed E-state index contributed by atoms with van der Waals surface area (Å²) in [5.41, 5.74) is 0.690. The molecular formula is C17H19NO3S. The zero-order valence-corrected chi connectivity index (χ0v) is 13.3. The molecule has 0 aliphatic carbocycles. The third-order valence-corrected chi connectivity index (χ3v) is 5.04. The number of carbonyl (C=O) groups excluding carboxylic acids is 1. The summed E-state index contributed by atoms with van der Waals surface area (Å²) in [5, 5.41) is 14.2. The molecule has 0 radical (unpaired) electrons. The van der Waals surface area contributed by atoms with Gasteiger partial charge in [-0.05, 0) is 37.3 Å². The van der Waals surface area contributed by atoms with Crippen LogP contribution in [0, 0.1) is 0 Å². The molecule has 5 heteroatoms. The van der Waals surface area contributed by atoms with Crippen molar-refractivity contribution in [2.24, 2.45) is 0 Å². The second-order valence-corrected chi connectivity index (χ2v) is 6.51. The first-order valence-electron chi connectivity index (χ1n) is 7.42. The smallest absolute Gasteiger partial charge is 0.250 e. The minimum atomic E-state index is -0.688. The van der Waals surface area contributed by atoms with Gasteiger partial charge in [0.1, 0.15) is 11.9 Å². The van der Waals surface area contributed by atoms with Crippen molar-refractivity contribution in [3.63, 3.8) is 0 Å². The van der Waals surface area contributed by atoms with Crippen LogP contribution >= 0.6 is 11.3 Å². The van der Waals surface area contributed by atoms with Crippen LogP contribution in [0.2, 0.25) is 0 Å². The largest absolute Gasteiger partial charge is 0.498 e. The summed E-state index contributed by atoms with van der Waals surface area (Å²) in [7, 11) is 0. The number of carbonyl (C=O) groups is 1. The van der Waals surface area contributed by atoms with Crippen LogP contribution < -0.4 is 5.32 Å². The maximum atomic E-state index is 12.2. The number of hydrogen-bond acceptors (Lipinski definition) is 4. The summed E-state index contributed by atoms with van der Waals surface area (Å²) in [6, 6.07) is 9.99. The predicted octanol–water partition coefficient (Wildman–Crippen LogP) is 3.14. The molecule has 1 aromatic carbocycles. The number of thiophene rings is 1. The molecule has 1 aliphatic heterocycles. The summed E-state index contributed by atoms with van der Waals surface area (Å²) < 4.78 is 6.54. The summed E-state index contributed by atoms with van der Waals surface area (Å²) in [5.74, 6) is 0.553. The van der Waals surface area contributed by atoms with Crippen molar-refractivity contribution >= 4 is 27.3 Å². The highest BCUT2D eigenvalue weighted by atomic mass is 32.1. The quantitative estimate of drug-likeness (QED) is 0.911.